The van der Waals surface area contributed by atoms with Crippen molar-refractivity contribution in [2.24, 2.45) is 0 Å². The summed E-state index contributed by atoms with van der Waals surface area (Å²) in [6.45, 7) is -0.145. The van der Waals surface area contributed by atoms with Gasteiger partial charge in [-0.1, -0.05) is 24.3 Å². The van der Waals surface area contributed by atoms with Crippen molar-refractivity contribution in [2.75, 3.05) is 0 Å². The fraction of sp³-hybridized carbons (Fsp3) is 0.0952. The van der Waals surface area contributed by atoms with Gasteiger partial charge in [0.25, 0.3) is 0 Å². The highest BCUT2D eigenvalue weighted by Crippen LogP contribution is 2.21. The number of ether oxygens (including phenoxy) is 2. The van der Waals surface area contributed by atoms with Gasteiger partial charge >= 0.3 is 5.97 Å². The summed E-state index contributed by atoms with van der Waals surface area (Å²) in [5, 5.41) is 0. The molecule has 3 nitrogen and oxygen atoms in total. The Morgan fingerprint density at radius 2 is 1.41 bits per heavy atom. The number of carbonyl (C=O) groups excluding carboxylic acids is 1. The predicted molar refractivity (Wildman–Crippen MR) is 92.7 cm³/mol. The molecule has 0 aliphatic heterocycles. The highest BCUT2D eigenvalue weighted by atomic mass is 19.1. The highest BCUT2D eigenvalue weighted by Gasteiger charge is 2.12. The lowest BCUT2D eigenvalue weighted by Crippen LogP contribution is -2.06. The van der Waals surface area contributed by atoms with Crippen LogP contribution in [0.15, 0.2) is 66.7 Å². The third kappa shape index (κ3) is 5.10. The van der Waals surface area contributed by atoms with Crippen LogP contribution in [-0.4, -0.2) is 5.97 Å². The third-order valence-corrected chi connectivity index (χ3v) is 3.71. The van der Waals surface area contributed by atoms with Gasteiger partial charge in [0.1, 0.15) is 24.8 Å². The van der Waals surface area contributed by atoms with Crippen LogP contribution >= 0.6 is 0 Å². The fourth-order valence-electron chi connectivity index (χ4n) is 2.39. The molecule has 0 atom stereocenters. The monoisotopic (exact) mass is 372 g/mol. The van der Waals surface area contributed by atoms with E-state index in [1.54, 1.807) is 12.1 Å². The molecule has 0 bridgehead atoms. The number of halogens is 3. The van der Waals surface area contributed by atoms with Crippen LogP contribution in [0.3, 0.4) is 0 Å². The maximum absolute atomic E-state index is 14.2. The Hall–Kier alpha value is -3.28. The molecule has 138 valence electrons. The Bertz CT molecular complexity index is 957. The molecular formula is C21H15F3O3. The Balaban J connectivity index is 1.60. The van der Waals surface area contributed by atoms with E-state index < -0.39 is 23.4 Å². The van der Waals surface area contributed by atoms with Crippen LogP contribution in [0, 0.1) is 17.5 Å². The highest BCUT2D eigenvalue weighted by molar-refractivity contribution is 5.89. The summed E-state index contributed by atoms with van der Waals surface area (Å²) in [6.07, 6.45) is 0. The molecule has 0 fully saturated rings. The van der Waals surface area contributed by atoms with E-state index >= 15 is 0 Å². The van der Waals surface area contributed by atoms with Crippen molar-refractivity contribution in [3.8, 4) is 5.75 Å². The molecule has 0 radical (unpaired) electrons. The molecule has 0 heterocycles. The fourth-order valence-corrected chi connectivity index (χ4v) is 2.39. The normalized spacial score (nSPS) is 10.5. The molecule has 0 aliphatic carbocycles. The van der Waals surface area contributed by atoms with Gasteiger partial charge in [0, 0.05) is 0 Å². The van der Waals surface area contributed by atoms with Crippen molar-refractivity contribution in [2.45, 2.75) is 13.2 Å². The maximum Gasteiger partial charge on any atom is 0.338 e. The molecule has 3 aromatic carbocycles. The minimum atomic E-state index is -0.744. The van der Waals surface area contributed by atoms with Crippen LogP contribution < -0.4 is 4.74 Å². The van der Waals surface area contributed by atoms with Crippen molar-refractivity contribution < 1.29 is 27.4 Å². The van der Waals surface area contributed by atoms with E-state index in [2.05, 4.69) is 0 Å². The zero-order valence-electron chi connectivity index (χ0n) is 14.1. The number of hydrogen-bond donors (Lipinski definition) is 0. The van der Waals surface area contributed by atoms with E-state index in [0.717, 1.165) is 6.07 Å². The number of carbonyl (C=O) groups is 1. The number of hydrogen-bond acceptors (Lipinski definition) is 3. The van der Waals surface area contributed by atoms with Gasteiger partial charge in [-0.15, -0.1) is 0 Å². The van der Waals surface area contributed by atoms with Crippen molar-refractivity contribution in [1.82, 2.24) is 0 Å². The van der Waals surface area contributed by atoms with E-state index in [1.165, 1.54) is 48.5 Å². The minimum absolute atomic E-state index is 0.00186. The first kappa shape index (κ1) is 18.5. The summed E-state index contributed by atoms with van der Waals surface area (Å²) in [5.74, 6) is -2.40. The van der Waals surface area contributed by atoms with Gasteiger partial charge < -0.3 is 9.47 Å². The van der Waals surface area contributed by atoms with Crippen LogP contribution in [0.4, 0.5) is 13.2 Å². The lowest BCUT2D eigenvalue weighted by Gasteiger charge is -2.09. The van der Waals surface area contributed by atoms with Crippen LogP contribution in [0.25, 0.3) is 0 Å². The summed E-state index contributed by atoms with van der Waals surface area (Å²) in [5.41, 5.74) is 1.04. The largest absolute Gasteiger partial charge is 0.486 e. The number of benzene rings is 3. The van der Waals surface area contributed by atoms with Crippen molar-refractivity contribution >= 4 is 5.97 Å². The van der Waals surface area contributed by atoms with Crippen LogP contribution in [0.1, 0.15) is 21.5 Å². The molecule has 0 aromatic heterocycles. The molecule has 0 unspecified atom stereocenters. The van der Waals surface area contributed by atoms with Gasteiger partial charge in [-0.2, -0.15) is 0 Å². The molecule has 0 amide bonds. The average Bonchev–Trinajstić information content (AvgIpc) is 2.65. The summed E-state index contributed by atoms with van der Waals surface area (Å²) in [6, 6.07) is 15.1. The first-order chi connectivity index (χ1) is 13.0. The molecular weight excluding hydrogens is 357 g/mol. The average molecular weight is 372 g/mol. The lowest BCUT2D eigenvalue weighted by molar-refractivity contribution is 0.0471. The maximum atomic E-state index is 14.2. The van der Waals surface area contributed by atoms with Gasteiger partial charge in [0.15, 0.2) is 11.6 Å². The Morgan fingerprint density at radius 3 is 2.00 bits per heavy atom. The quantitative estimate of drug-likeness (QED) is 0.569. The van der Waals surface area contributed by atoms with Gasteiger partial charge in [0.05, 0.1) is 5.56 Å². The minimum Gasteiger partial charge on any atom is -0.486 e. The van der Waals surface area contributed by atoms with Crippen molar-refractivity contribution in [3.63, 3.8) is 0 Å². The summed E-state index contributed by atoms with van der Waals surface area (Å²) in [7, 11) is 0. The zero-order chi connectivity index (χ0) is 19.2. The summed E-state index contributed by atoms with van der Waals surface area (Å²) >= 11 is 0. The van der Waals surface area contributed by atoms with Crippen molar-refractivity contribution in [3.05, 3.63) is 101 Å². The van der Waals surface area contributed by atoms with E-state index in [-0.39, 0.29) is 24.5 Å². The van der Waals surface area contributed by atoms with Gasteiger partial charge in [-0.3, -0.25) is 0 Å². The van der Waals surface area contributed by atoms with Crippen LogP contribution in [0.2, 0.25) is 0 Å². The molecule has 27 heavy (non-hydrogen) atoms. The molecule has 0 N–H and O–H groups in total. The Labute approximate surface area is 154 Å². The molecule has 3 aromatic rings. The smallest absolute Gasteiger partial charge is 0.338 e. The summed E-state index contributed by atoms with van der Waals surface area (Å²) in [4.78, 5) is 12.0. The first-order valence-electron chi connectivity index (χ1n) is 8.09. The van der Waals surface area contributed by atoms with E-state index in [4.69, 9.17) is 9.47 Å². The molecule has 0 saturated heterocycles. The number of esters is 1. The van der Waals surface area contributed by atoms with Crippen molar-refractivity contribution in [1.29, 1.82) is 0 Å². The second-order valence-corrected chi connectivity index (χ2v) is 5.77. The van der Waals surface area contributed by atoms with Gasteiger partial charge in [-0.25, -0.2) is 18.0 Å². The molecule has 6 heteroatoms. The predicted octanol–water partition coefficient (Wildman–Crippen LogP) is 5.04. The Kier molecular flexibility index (Phi) is 5.76. The second-order valence-electron chi connectivity index (χ2n) is 5.77. The molecule has 3 rings (SSSR count). The standard InChI is InChI=1S/C21H15F3O3/c22-17-5-1-3-14(9-17)12-26-20-8-7-16(11-19(20)24)21(25)27-13-15-4-2-6-18(23)10-15/h1-11H,12-13H2. The van der Waals surface area contributed by atoms with Gasteiger partial charge in [-0.05, 0) is 53.6 Å². The van der Waals surface area contributed by atoms with E-state index in [9.17, 15) is 18.0 Å². The van der Waals surface area contributed by atoms with Crippen LogP contribution in [-0.2, 0) is 18.0 Å². The topological polar surface area (TPSA) is 35.5 Å². The molecule has 0 saturated carbocycles. The summed E-state index contributed by atoms with van der Waals surface area (Å²) < 4.78 is 50.8. The first-order valence-corrected chi connectivity index (χ1v) is 8.09. The van der Waals surface area contributed by atoms with Gasteiger partial charge in [0.2, 0.25) is 0 Å². The van der Waals surface area contributed by atoms with E-state index in [1.807, 2.05) is 0 Å². The molecule has 0 aliphatic rings. The Morgan fingerprint density at radius 1 is 0.778 bits per heavy atom. The van der Waals surface area contributed by atoms with Crippen LogP contribution in [0.5, 0.6) is 5.75 Å². The lowest BCUT2D eigenvalue weighted by atomic mass is 10.2. The second kappa shape index (κ2) is 8.40. The zero-order valence-corrected chi connectivity index (χ0v) is 14.1. The van der Waals surface area contributed by atoms with E-state index in [0.29, 0.717) is 11.1 Å². The molecule has 0 spiro atoms. The third-order valence-electron chi connectivity index (χ3n) is 3.71. The number of rotatable bonds is 6. The SMILES string of the molecule is O=C(OCc1cccc(F)c1)c1ccc(OCc2cccc(F)c2)c(F)c1.